The summed E-state index contributed by atoms with van der Waals surface area (Å²) in [5.41, 5.74) is -0.362. The van der Waals surface area contributed by atoms with E-state index in [0.29, 0.717) is 6.42 Å². The number of benzene rings is 1. The minimum Gasteiger partial charge on any atom is -0.166 e. The molecule has 0 spiro atoms. The molecule has 0 heterocycles. The highest BCUT2D eigenvalue weighted by Crippen LogP contribution is 2.33. The molecule has 0 bridgehead atoms. The van der Waals surface area contributed by atoms with Crippen molar-refractivity contribution in [2.75, 3.05) is 0 Å². The molecule has 0 radical (unpaired) electrons. The lowest BCUT2D eigenvalue weighted by Gasteiger charge is -2.11. The van der Waals surface area contributed by atoms with Gasteiger partial charge in [0.25, 0.3) is 0 Å². The van der Waals surface area contributed by atoms with Crippen LogP contribution in [0.15, 0.2) is 18.2 Å². The average molecular weight is 235 g/mol. The highest BCUT2D eigenvalue weighted by Gasteiger charge is 2.32. The van der Waals surface area contributed by atoms with Crippen molar-refractivity contribution in [2.45, 2.75) is 19.5 Å². The van der Waals surface area contributed by atoms with Gasteiger partial charge in [0.1, 0.15) is 0 Å². The molecule has 0 aliphatic carbocycles. The number of halogens is 4. The van der Waals surface area contributed by atoms with Crippen LogP contribution in [0.25, 0.3) is 0 Å². The zero-order chi connectivity index (χ0) is 12.1. The number of hydrogen-bond donors (Lipinski definition) is 0. The number of terminal acetylenes is 1. The molecule has 0 saturated heterocycles. The van der Waals surface area contributed by atoms with Crippen LogP contribution >= 0.6 is 11.6 Å². The fraction of sp³-hybridized carbons (Fsp3) is 0.273. The molecule has 4 heteroatoms. The van der Waals surface area contributed by atoms with Gasteiger partial charge in [-0.05, 0) is 24.1 Å². The predicted molar refractivity (Wildman–Crippen MR) is 55.7 cm³/mol. The maximum absolute atomic E-state index is 12.4. The largest absolute Gasteiger partial charge is 0.416 e. The summed E-state index contributed by atoms with van der Waals surface area (Å²) in [5, 5.41) is 0.115. The third-order valence-electron chi connectivity index (χ3n) is 1.76. The van der Waals surface area contributed by atoms with E-state index in [1.807, 2.05) is 0 Å². The van der Waals surface area contributed by atoms with Gasteiger partial charge in [0.05, 0.1) is 5.56 Å². The van der Waals surface area contributed by atoms with Crippen molar-refractivity contribution in [2.24, 2.45) is 0 Å². The van der Waals surface area contributed by atoms with Crippen molar-refractivity contribution in [3.05, 3.63) is 34.3 Å². The maximum Gasteiger partial charge on any atom is 0.416 e. The Balaban J connectivity index is 0.000000921. The fourth-order valence-corrected chi connectivity index (χ4v) is 1.29. The molecule has 0 unspecified atom stereocenters. The highest BCUT2D eigenvalue weighted by atomic mass is 35.5. The molecule has 0 fully saturated rings. The summed E-state index contributed by atoms with van der Waals surface area (Å²) in [7, 11) is 0. The number of alkyl halides is 3. The van der Waals surface area contributed by atoms with Crippen LogP contribution in [0.4, 0.5) is 13.2 Å². The first kappa shape index (κ1) is 13.9. The Morgan fingerprint density at radius 2 is 1.80 bits per heavy atom. The highest BCUT2D eigenvalue weighted by molar-refractivity contribution is 6.30. The summed E-state index contributed by atoms with van der Waals surface area (Å²) in [6, 6.07) is 3.83. The average Bonchev–Trinajstić information content (AvgIpc) is 2.19. The van der Waals surface area contributed by atoms with Gasteiger partial charge in [-0.3, -0.25) is 0 Å². The van der Waals surface area contributed by atoms with E-state index in [1.54, 1.807) is 6.92 Å². The van der Waals surface area contributed by atoms with Gasteiger partial charge < -0.3 is 0 Å². The Kier molecular flexibility index (Phi) is 5.24. The molecular formula is C11H10ClF3. The molecule has 0 atom stereocenters. The van der Waals surface area contributed by atoms with Crippen molar-refractivity contribution < 1.29 is 13.2 Å². The monoisotopic (exact) mass is 234 g/mol. The van der Waals surface area contributed by atoms with E-state index in [-0.39, 0.29) is 10.6 Å². The lowest BCUT2D eigenvalue weighted by molar-refractivity contribution is -0.138. The normalized spacial score (nSPS) is 10.3. The van der Waals surface area contributed by atoms with Gasteiger partial charge in [0.15, 0.2) is 0 Å². The van der Waals surface area contributed by atoms with Crippen LogP contribution in [0, 0.1) is 12.8 Å². The van der Waals surface area contributed by atoms with E-state index >= 15 is 0 Å². The van der Waals surface area contributed by atoms with Gasteiger partial charge in [-0.2, -0.15) is 13.2 Å². The van der Waals surface area contributed by atoms with Crippen molar-refractivity contribution in [1.29, 1.82) is 0 Å². The molecule has 0 nitrogen and oxygen atoms in total. The van der Waals surface area contributed by atoms with E-state index in [4.69, 9.17) is 11.6 Å². The SMILES string of the molecule is C#C.CCc1ccc(Cl)cc1C(F)(F)F. The van der Waals surface area contributed by atoms with Crippen LogP contribution in [-0.4, -0.2) is 0 Å². The number of hydrogen-bond acceptors (Lipinski definition) is 0. The minimum absolute atomic E-state index is 0.115. The molecular weight excluding hydrogens is 225 g/mol. The van der Waals surface area contributed by atoms with Crippen LogP contribution in [0.1, 0.15) is 18.1 Å². The Morgan fingerprint density at radius 1 is 1.27 bits per heavy atom. The van der Waals surface area contributed by atoms with Crippen molar-refractivity contribution >= 4 is 11.6 Å². The van der Waals surface area contributed by atoms with Crippen LogP contribution in [0.5, 0.6) is 0 Å². The number of rotatable bonds is 1. The van der Waals surface area contributed by atoms with E-state index in [2.05, 4.69) is 12.8 Å². The van der Waals surface area contributed by atoms with Gasteiger partial charge in [0.2, 0.25) is 0 Å². The summed E-state index contributed by atoms with van der Waals surface area (Å²) in [5.74, 6) is 0. The van der Waals surface area contributed by atoms with Crippen molar-refractivity contribution in [3.8, 4) is 12.8 Å². The summed E-state index contributed by atoms with van der Waals surface area (Å²) < 4.78 is 37.1. The molecule has 1 aromatic rings. The zero-order valence-corrected chi connectivity index (χ0v) is 8.86. The fourth-order valence-electron chi connectivity index (χ4n) is 1.12. The zero-order valence-electron chi connectivity index (χ0n) is 8.11. The van der Waals surface area contributed by atoms with Gasteiger partial charge in [-0.1, -0.05) is 24.6 Å². The lowest BCUT2D eigenvalue weighted by atomic mass is 10.1. The van der Waals surface area contributed by atoms with Crippen LogP contribution in [0.2, 0.25) is 5.02 Å². The van der Waals surface area contributed by atoms with Crippen LogP contribution in [0.3, 0.4) is 0 Å². The van der Waals surface area contributed by atoms with E-state index in [1.165, 1.54) is 12.1 Å². The molecule has 0 aromatic heterocycles. The van der Waals surface area contributed by atoms with Crippen molar-refractivity contribution in [1.82, 2.24) is 0 Å². The van der Waals surface area contributed by atoms with Crippen molar-refractivity contribution in [3.63, 3.8) is 0 Å². The summed E-state index contributed by atoms with van der Waals surface area (Å²) in [6.45, 7) is 1.68. The van der Waals surface area contributed by atoms with Crippen LogP contribution < -0.4 is 0 Å². The molecule has 0 aliphatic rings. The van der Waals surface area contributed by atoms with Gasteiger partial charge in [-0.15, -0.1) is 12.8 Å². The third-order valence-corrected chi connectivity index (χ3v) is 1.99. The van der Waals surface area contributed by atoms with Gasteiger partial charge in [0, 0.05) is 5.02 Å². The lowest BCUT2D eigenvalue weighted by Crippen LogP contribution is -2.08. The standard InChI is InChI=1S/C9H8ClF3.C2H2/c1-2-6-3-4-7(10)5-8(6)9(11,12)13;1-2/h3-5H,2H2,1H3;1-2H. The van der Waals surface area contributed by atoms with E-state index in [9.17, 15) is 13.2 Å². The summed E-state index contributed by atoms with van der Waals surface area (Å²) in [4.78, 5) is 0. The molecule has 1 aromatic carbocycles. The second kappa shape index (κ2) is 5.67. The topological polar surface area (TPSA) is 0 Å². The molecule has 0 N–H and O–H groups in total. The van der Waals surface area contributed by atoms with E-state index < -0.39 is 11.7 Å². The molecule has 1 rings (SSSR count). The minimum atomic E-state index is -4.31. The molecule has 15 heavy (non-hydrogen) atoms. The molecule has 0 aliphatic heterocycles. The Labute approximate surface area is 92.1 Å². The Morgan fingerprint density at radius 3 is 2.20 bits per heavy atom. The predicted octanol–water partition coefficient (Wildman–Crippen LogP) is 4.17. The summed E-state index contributed by atoms with van der Waals surface area (Å²) >= 11 is 5.48. The first-order valence-corrected chi connectivity index (χ1v) is 4.52. The third kappa shape index (κ3) is 3.85. The Bertz CT molecular complexity index is 339. The van der Waals surface area contributed by atoms with Gasteiger partial charge >= 0.3 is 6.18 Å². The van der Waals surface area contributed by atoms with Crippen LogP contribution in [-0.2, 0) is 12.6 Å². The Hall–Kier alpha value is -1.14. The first-order valence-electron chi connectivity index (χ1n) is 4.14. The molecule has 0 amide bonds. The molecule has 0 saturated carbocycles. The first-order chi connectivity index (χ1) is 6.95. The second-order valence-electron chi connectivity index (χ2n) is 2.65. The number of aryl methyl sites for hydroxylation is 1. The van der Waals surface area contributed by atoms with Gasteiger partial charge in [-0.25, -0.2) is 0 Å². The summed E-state index contributed by atoms with van der Waals surface area (Å²) in [6.07, 6.45) is 4.04. The maximum atomic E-state index is 12.4. The smallest absolute Gasteiger partial charge is 0.166 e. The quantitative estimate of drug-likeness (QED) is 0.640. The second-order valence-corrected chi connectivity index (χ2v) is 3.09. The molecule has 82 valence electrons. The van der Waals surface area contributed by atoms with E-state index in [0.717, 1.165) is 6.07 Å².